The fourth-order valence-electron chi connectivity index (χ4n) is 1.26. The Labute approximate surface area is 125 Å². The van der Waals surface area contributed by atoms with Gasteiger partial charge in [-0.15, -0.1) is 0 Å². The average molecular weight is 350 g/mol. The van der Waals surface area contributed by atoms with Gasteiger partial charge in [0.1, 0.15) is 19.1 Å². The average Bonchev–Trinajstić information content (AvgIpc) is 2.25. The van der Waals surface area contributed by atoms with E-state index in [4.69, 9.17) is 13.8 Å². The van der Waals surface area contributed by atoms with Crippen molar-refractivity contribution in [1.29, 1.82) is 0 Å². The Bertz CT molecular complexity index is 424. The van der Waals surface area contributed by atoms with Crippen LogP contribution in [0.1, 0.15) is 27.7 Å². The predicted octanol–water partition coefficient (Wildman–Crippen LogP) is 2.32. The van der Waals surface area contributed by atoms with Crippen molar-refractivity contribution >= 4 is 17.7 Å². The summed E-state index contributed by atoms with van der Waals surface area (Å²) in [5, 5.41) is 0. The van der Waals surface area contributed by atoms with Gasteiger partial charge in [-0.3, -0.25) is 8.75 Å². The lowest BCUT2D eigenvalue weighted by Gasteiger charge is -2.24. The van der Waals surface area contributed by atoms with Crippen LogP contribution in [0.15, 0.2) is 0 Å². The molecule has 0 saturated heterocycles. The van der Waals surface area contributed by atoms with Crippen molar-refractivity contribution in [3.63, 3.8) is 0 Å². The predicted molar refractivity (Wildman–Crippen MR) is 76.6 cm³/mol. The maximum Gasteiger partial charge on any atom is 0.356 e. The van der Waals surface area contributed by atoms with Gasteiger partial charge in [-0.2, -0.15) is 8.42 Å². The molecule has 0 aliphatic carbocycles. The van der Waals surface area contributed by atoms with Gasteiger partial charge < -0.3 is 13.8 Å². The minimum atomic E-state index is -3.70. The van der Waals surface area contributed by atoms with E-state index in [0.29, 0.717) is 0 Å². The standard InChI is InChI=1S/C11H24FO7PS/c1-9(2)18-20(13,19-10(3)4)8-16-11(6-12)7-17-21(5,14)15/h9-11H,6-8H2,1-5H3. The number of halogens is 1. The second kappa shape index (κ2) is 9.17. The van der Waals surface area contributed by atoms with Gasteiger partial charge in [0.2, 0.25) is 0 Å². The molecule has 0 fully saturated rings. The van der Waals surface area contributed by atoms with Crippen LogP contribution >= 0.6 is 7.60 Å². The third-order valence-corrected chi connectivity index (χ3v) is 4.37. The highest BCUT2D eigenvalue weighted by Gasteiger charge is 2.30. The molecule has 0 aromatic rings. The number of alkyl halides is 1. The van der Waals surface area contributed by atoms with Crippen LogP contribution in [0, 0.1) is 0 Å². The molecule has 0 bridgehead atoms. The van der Waals surface area contributed by atoms with E-state index in [2.05, 4.69) is 4.18 Å². The van der Waals surface area contributed by atoms with Gasteiger partial charge in [0.25, 0.3) is 10.1 Å². The van der Waals surface area contributed by atoms with E-state index in [9.17, 15) is 17.4 Å². The van der Waals surface area contributed by atoms with Gasteiger partial charge in [0.05, 0.1) is 25.1 Å². The summed E-state index contributed by atoms with van der Waals surface area (Å²) in [6.45, 7) is 5.22. The zero-order valence-electron chi connectivity index (χ0n) is 12.9. The van der Waals surface area contributed by atoms with E-state index in [0.717, 1.165) is 6.26 Å². The van der Waals surface area contributed by atoms with Crippen LogP contribution in [0.5, 0.6) is 0 Å². The van der Waals surface area contributed by atoms with Gasteiger partial charge in [-0.1, -0.05) is 0 Å². The molecular formula is C11H24FO7PS. The lowest BCUT2D eigenvalue weighted by atomic mass is 10.4. The molecule has 0 rings (SSSR count). The Kier molecular flexibility index (Phi) is 9.15. The van der Waals surface area contributed by atoms with Gasteiger partial charge in [-0.05, 0) is 27.7 Å². The van der Waals surface area contributed by atoms with E-state index in [1.54, 1.807) is 27.7 Å². The maximum atomic E-state index is 12.8. The third kappa shape index (κ3) is 11.2. The normalized spacial score (nSPS) is 14.9. The quantitative estimate of drug-likeness (QED) is 0.417. The molecule has 0 saturated carbocycles. The zero-order valence-corrected chi connectivity index (χ0v) is 14.7. The second-order valence-corrected chi connectivity index (χ2v) is 8.53. The summed E-state index contributed by atoms with van der Waals surface area (Å²) >= 11 is 0. The first kappa shape index (κ1) is 20.9. The lowest BCUT2D eigenvalue weighted by Crippen LogP contribution is -2.25. The van der Waals surface area contributed by atoms with Crippen molar-refractivity contribution in [2.45, 2.75) is 46.0 Å². The molecule has 0 amide bonds. The molecule has 0 N–H and O–H groups in total. The topological polar surface area (TPSA) is 88.1 Å². The molecule has 0 aliphatic heterocycles. The van der Waals surface area contributed by atoms with Gasteiger partial charge in [-0.25, -0.2) is 4.39 Å². The van der Waals surface area contributed by atoms with Gasteiger partial charge >= 0.3 is 7.60 Å². The van der Waals surface area contributed by atoms with Gasteiger partial charge in [0.15, 0.2) is 0 Å². The number of ether oxygens (including phenoxy) is 1. The maximum absolute atomic E-state index is 12.8. The molecule has 7 nitrogen and oxygen atoms in total. The van der Waals surface area contributed by atoms with Crippen molar-refractivity contribution in [3.8, 4) is 0 Å². The molecule has 1 unspecified atom stereocenters. The largest absolute Gasteiger partial charge is 0.360 e. The molecule has 21 heavy (non-hydrogen) atoms. The van der Waals surface area contributed by atoms with Crippen LogP contribution in [0.3, 0.4) is 0 Å². The molecule has 0 radical (unpaired) electrons. The minimum Gasteiger partial charge on any atom is -0.360 e. The third-order valence-electron chi connectivity index (χ3n) is 1.85. The van der Waals surface area contributed by atoms with Crippen molar-refractivity contribution in [3.05, 3.63) is 0 Å². The fraction of sp³-hybridized carbons (Fsp3) is 1.00. The number of hydrogen-bond donors (Lipinski definition) is 0. The van der Waals surface area contributed by atoms with Crippen LogP contribution in [0.4, 0.5) is 4.39 Å². The van der Waals surface area contributed by atoms with Crippen LogP contribution in [-0.2, 0) is 32.7 Å². The Morgan fingerprint density at radius 1 is 1.10 bits per heavy atom. The molecule has 1 atom stereocenters. The highest BCUT2D eigenvalue weighted by Crippen LogP contribution is 2.50. The number of rotatable bonds is 11. The van der Waals surface area contributed by atoms with Crippen molar-refractivity contribution in [2.24, 2.45) is 0 Å². The van der Waals surface area contributed by atoms with Gasteiger partial charge in [0, 0.05) is 0 Å². The first-order valence-corrected chi connectivity index (χ1v) is 9.99. The minimum absolute atomic E-state index is 0.366. The molecule has 128 valence electrons. The van der Waals surface area contributed by atoms with Crippen LogP contribution in [0.25, 0.3) is 0 Å². The molecule has 0 aliphatic rings. The van der Waals surface area contributed by atoms with Crippen molar-refractivity contribution < 1.29 is 35.3 Å². The highest BCUT2D eigenvalue weighted by molar-refractivity contribution is 7.85. The summed E-state index contributed by atoms with van der Waals surface area (Å²) in [5.74, 6) is 0. The van der Waals surface area contributed by atoms with E-state index in [-0.39, 0.29) is 12.2 Å². The summed E-state index contributed by atoms with van der Waals surface area (Å²) in [6.07, 6.45) is -1.54. The Morgan fingerprint density at radius 3 is 1.90 bits per heavy atom. The van der Waals surface area contributed by atoms with Crippen LogP contribution in [-0.4, -0.2) is 52.6 Å². The Morgan fingerprint density at radius 2 is 1.57 bits per heavy atom. The summed E-state index contributed by atoms with van der Waals surface area (Å²) in [6, 6.07) is 0. The molecule has 0 spiro atoms. The Hall–Kier alpha value is -0.0500. The smallest absolute Gasteiger partial charge is 0.356 e. The summed E-state index contributed by atoms with van der Waals surface area (Å²) in [4.78, 5) is 0. The first-order valence-electron chi connectivity index (χ1n) is 6.45. The molecule has 0 heterocycles. The van der Waals surface area contributed by atoms with Crippen molar-refractivity contribution in [2.75, 3.05) is 25.9 Å². The monoisotopic (exact) mass is 350 g/mol. The van der Waals surface area contributed by atoms with E-state index >= 15 is 0 Å². The number of hydrogen-bond acceptors (Lipinski definition) is 7. The summed E-state index contributed by atoms with van der Waals surface area (Å²) < 4.78 is 66.8. The summed E-state index contributed by atoms with van der Waals surface area (Å²) in [5.41, 5.74) is 0. The SMILES string of the molecule is CC(C)OP(=O)(COC(CF)COS(C)(=O)=O)OC(C)C. The van der Waals surface area contributed by atoms with E-state index in [1.165, 1.54) is 0 Å². The zero-order chi connectivity index (χ0) is 16.7. The van der Waals surface area contributed by atoms with E-state index in [1.807, 2.05) is 0 Å². The van der Waals surface area contributed by atoms with Crippen LogP contribution in [0.2, 0.25) is 0 Å². The first-order chi connectivity index (χ1) is 9.47. The molecule has 0 aromatic carbocycles. The second-order valence-electron chi connectivity index (χ2n) is 4.98. The van der Waals surface area contributed by atoms with E-state index < -0.39 is 43.4 Å². The summed E-state index contributed by atoms with van der Waals surface area (Å²) in [7, 11) is -7.26. The molecule has 0 aromatic heterocycles. The Balaban J connectivity index is 4.59. The lowest BCUT2D eigenvalue weighted by molar-refractivity contribution is 0.0149. The molecule has 10 heteroatoms. The van der Waals surface area contributed by atoms with Crippen molar-refractivity contribution in [1.82, 2.24) is 0 Å². The fourth-order valence-corrected chi connectivity index (χ4v) is 3.51. The van der Waals surface area contributed by atoms with Crippen LogP contribution < -0.4 is 0 Å². The highest BCUT2D eigenvalue weighted by atomic mass is 32.2. The molecular weight excluding hydrogens is 326 g/mol.